The van der Waals surface area contributed by atoms with Crippen molar-refractivity contribution in [3.8, 4) is 0 Å². The van der Waals surface area contributed by atoms with Gasteiger partial charge in [-0.2, -0.15) is 0 Å². The number of β-amino-alcohol motifs (C(OH)–C–C–N with tert-alkyl or cyclic N) is 1. The Labute approximate surface area is 87.6 Å². The van der Waals surface area contributed by atoms with Crippen molar-refractivity contribution in [2.24, 2.45) is 0 Å². The number of halogens is 1. The maximum Gasteiger partial charge on any atom is 0.123 e. The summed E-state index contributed by atoms with van der Waals surface area (Å²) >= 11 is 0. The second-order valence-electron chi connectivity index (χ2n) is 4.08. The molecule has 4 heteroatoms. The van der Waals surface area contributed by atoms with Gasteiger partial charge in [-0.05, 0) is 24.1 Å². The van der Waals surface area contributed by atoms with Gasteiger partial charge >= 0.3 is 0 Å². The lowest BCUT2D eigenvalue weighted by molar-refractivity contribution is 0.00119. The highest BCUT2D eigenvalue weighted by atomic mass is 19.1. The van der Waals surface area contributed by atoms with E-state index in [0.717, 1.165) is 5.56 Å². The molecule has 2 atom stereocenters. The van der Waals surface area contributed by atoms with E-state index < -0.39 is 5.60 Å². The topological polar surface area (TPSA) is 52.5 Å². The van der Waals surface area contributed by atoms with Gasteiger partial charge in [-0.15, -0.1) is 0 Å². The molecule has 0 radical (unpaired) electrons. The Hall–Kier alpha value is -0.970. The third kappa shape index (κ3) is 2.17. The fraction of sp³-hybridized carbons (Fsp3) is 0.455. The molecule has 0 amide bonds. The van der Waals surface area contributed by atoms with Crippen molar-refractivity contribution < 1.29 is 14.6 Å². The summed E-state index contributed by atoms with van der Waals surface area (Å²) in [7, 11) is 0. The molecule has 1 aliphatic rings. The summed E-state index contributed by atoms with van der Waals surface area (Å²) in [6.45, 7) is 0.0660. The molecule has 15 heavy (non-hydrogen) atoms. The molecule has 1 aromatic carbocycles. The van der Waals surface area contributed by atoms with E-state index in [1.165, 1.54) is 12.1 Å². The average molecular weight is 211 g/mol. The molecule has 3 N–H and O–H groups in total. The Kier molecular flexibility index (Phi) is 2.73. The number of nitrogens with one attached hydrogen (secondary N) is 1. The molecule has 1 fully saturated rings. The van der Waals surface area contributed by atoms with Gasteiger partial charge in [-0.1, -0.05) is 12.1 Å². The molecule has 0 aromatic heterocycles. The first-order valence-electron chi connectivity index (χ1n) is 4.95. The van der Waals surface area contributed by atoms with Gasteiger partial charge in [0.2, 0.25) is 0 Å². The monoisotopic (exact) mass is 211 g/mol. The van der Waals surface area contributed by atoms with E-state index in [9.17, 15) is 9.50 Å². The fourth-order valence-electron chi connectivity index (χ4n) is 1.92. The van der Waals surface area contributed by atoms with E-state index in [1.54, 1.807) is 6.07 Å². The van der Waals surface area contributed by atoms with E-state index in [1.807, 2.05) is 6.07 Å². The van der Waals surface area contributed by atoms with Crippen LogP contribution < -0.4 is 5.32 Å². The van der Waals surface area contributed by atoms with E-state index >= 15 is 0 Å². The molecule has 1 heterocycles. The highest BCUT2D eigenvalue weighted by Gasteiger charge is 2.36. The van der Waals surface area contributed by atoms with Crippen LogP contribution in [0.2, 0.25) is 0 Å². The summed E-state index contributed by atoms with van der Waals surface area (Å²) in [5.74, 6) is -0.284. The molecule has 0 aliphatic carbocycles. The normalized spacial score (nSPS) is 30.7. The van der Waals surface area contributed by atoms with Crippen molar-refractivity contribution in [2.45, 2.75) is 18.1 Å². The van der Waals surface area contributed by atoms with Crippen LogP contribution in [0.15, 0.2) is 24.3 Å². The maximum atomic E-state index is 13.0. The third-order valence-electron chi connectivity index (χ3n) is 2.81. The van der Waals surface area contributed by atoms with Gasteiger partial charge in [0.1, 0.15) is 11.4 Å². The van der Waals surface area contributed by atoms with Crippen LogP contribution in [-0.2, 0) is 0 Å². The van der Waals surface area contributed by atoms with Gasteiger partial charge in [0.05, 0.1) is 6.61 Å². The molecule has 0 saturated carbocycles. The summed E-state index contributed by atoms with van der Waals surface area (Å²) in [5.41, 5.74) is -0.267. The summed E-state index contributed by atoms with van der Waals surface area (Å²) in [5, 5.41) is 21.8. The fourth-order valence-corrected chi connectivity index (χ4v) is 1.92. The van der Waals surface area contributed by atoms with Crippen LogP contribution in [0.5, 0.6) is 0 Å². The number of rotatable bonds is 2. The minimum absolute atomic E-state index is 0.0853. The van der Waals surface area contributed by atoms with Gasteiger partial charge in [0.25, 0.3) is 0 Å². The van der Waals surface area contributed by atoms with E-state index in [-0.39, 0.29) is 18.5 Å². The number of hydrogen-bond acceptors (Lipinski definition) is 3. The lowest BCUT2D eigenvalue weighted by atomic mass is 9.97. The van der Waals surface area contributed by atoms with Crippen LogP contribution in [0.1, 0.15) is 18.0 Å². The van der Waals surface area contributed by atoms with Crippen molar-refractivity contribution in [3.05, 3.63) is 35.6 Å². The molecule has 0 bridgehead atoms. The lowest BCUT2D eigenvalue weighted by Crippen LogP contribution is -2.35. The molecule has 1 saturated heterocycles. The second kappa shape index (κ2) is 3.89. The number of benzene rings is 1. The van der Waals surface area contributed by atoms with Gasteiger partial charge < -0.3 is 15.5 Å². The van der Waals surface area contributed by atoms with E-state index in [2.05, 4.69) is 5.32 Å². The largest absolute Gasteiger partial charge is 0.393 e. The SMILES string of the molecule is OCC1(O)CNC(c2cccc(F)c2)C1. The van der Waals surface area contributed by atoms with Gasteiger partial charge in [-0.3, -0.25) is 0 Å². The molecular weight excluding hydrogens is 197 g/mol. The minimum Gasteiger partial charge on any atom is -0.393 e. The van der Waals surface area contributed by atoms with Crippen LogP contribution in [0, 0.1) is 5.82 Å². The van der Waals surface area contributed by atoms with E-state index in [0.29, 0.717) is 13.0 Å². The first-order valence-corrected chi connectivity index (χ1v) is 4.95. The van der Waals surface area contributed by atoms with Crippen molar-refractivity contribution >= 4 is 0 Å². The first kappa shape index (κ1) is 10.5. The first-order chi connectivity index (χ1) is 7.13. The van der Waals surface area contributed by atoms with Crippen LogP contribution in [-0.4, -0.2) is 29.0 Å². The summed E-state index contributed by atoms with van der Waals surface area (Å²) < 4.78 is 13.0. The van der Waals surface area contributed by atoms with Crippen LogP contribution >= 0.6 is 0 Å². The predicted octanol–water partition coefficient (Wildman–Crippen LogP) is 0.583. The molecule has 2 rings (SSSR count). The predicted molar refractivity (Wildman–Crippen MR) is 53.8 cm³/mol. The summed E-state index contributed by atoms with van der Waals surface area (Å²) in [6, 6.07) is 6.20. The summed E-state index contributed by atoms with van der Waals surface area (Å²) in [6.07, 6.45) is 0.410. The van der Waals surface area contributed by atoms with Crippen molar-refractivity contribution in [1.82, 2.24) is 5.32 Å². The Morgan fingerprint density at radius 3 is 2.93 bits per heavy atom. The third-order valence-corrected chi connectivity index (χ3v) is 2.81. The number of hydrogen-bond donors (Lipinski definition) is 3. The van der Waals surface area contributed by atoms with Crippen molar-refractivity contribution in [3.63, 3.8) is 0 Å². The Morgan fingerprint density at radius 1 is 1.53 bits per heavy atom. The highest BCUT2D eigenvalue weighted by molar-refractivity contribution is 5.22. The Bertz CT molecular complexity index is 358. The van der Waals surface area contributed by atoms with Gasteiger partial charge in [0.15, 0.2) is 0 Å². The zero-order valence-electron chi connectivity index (χ0n) is 8.28. The van der Waals surface area contributed by atoms with Crippen molar-refractivity contribution in [1.29, 1.82) is 0 Å². The standard InChI is InChI=1S/C11H14FNO2/c12-9-3-1-2-8(4-9)10-5-11(15,7-14)6-13-10/h1-4,10,13-15H,5-7H2. The Morgan fingerprint density at radius 2 is 2.33 bits per heavy atom. The molecule has 1 aromatic rings. The quantitative estimate of drug-likeness (QED) is 0.671. The lowest BCUT2D eigenvalue weighted by Gasteiger charge is -2.17. The maximum absolute atomic E-state index is 13.0. The summed E-state index contributed by atoms with van der Waals surface area (Å²) in [4.78, 5) is 0. The molecule has 1 aliphatic heterocycles. The van der Waals surface area contributed by atoms with Crippen LogP contribution in [0.25, 0.3) is 0 Å². The zero-order chi connectivity index (χ0) is 10.9. The molecule has 0 spiro atoms. The smallest absolute Gasteiger partial charge is 0.123 e. The number of aliphatic hydroxyl groups is 2. The molecular formula is C11H14FNO2. The van der Waals surface area contributed by atoms with Crippen LogP contribution in [0.4, 0.5) is 4.39 Å². The number of aliphatic hydroxyl groups excluding tert-OH is 1. The molecule has 2 unspecified atom stereocenters. The van der Waals surface area contributed by atoms with E-state index in [4.69, 9.17) is 5.11 Å². The highest BCUT2D eigenvalue weighted by Crippen LogP contribution is 2.29. The Balaban J connectivity index is 2.14. The van der Waals surface area contributed by atoms with Crippen molar-refractivity contribution in [2.75, 3.05) is 13.2 Å². The average Bonchev–Trinajstić information content (AvgIpc) is 2.62. The van der Waals surface area contributed by atoms with Crippen LogP contribution in [0.3, 0.4) is 0 Å². The zero-order valence-corrected chi connectivity index (χ0v) is 8.28. The second-order valence-corrected chi connectivity index (χ2v) is 4.08. The molecule has 82 valence electrons. The van der Waals surface area contributed by atoms with Gasteiger partial charge in [-0.25, -0.2) is 4.39 Å². The minimum atomic E-state index is -1.07. The molecule has 3 nitrogen and oxygen atoms in total. The van der Waals surface area contributed by atoms with Gasteiger partial charge in [0, 0.05) is 12.6 Å².